The smallest absolute Gasteiger partial charge is 0.272 e. The number of nitrogens with one attached hydrogen (secondary N) is 1. The fourth-order valence-electron chi connectivity index (χ4n) is 3.75. The zero-order valence-electron chi connectivity index (χ0n) is 15.1. The summed E-state index contributed by atoms with van der Waals surface area (Å²) in [4.78, 5) is 25.9. The summed E-state index contributed by atoms with van der Waals surface area (Å²) in [7, 11) is 0. The fraction of sp³-hybridized carbons (Fsp3) is 0.350. The van der Waals surface area contributed by atoms with Crippen LogP contribution in [0.4, 0.5) is 11.4 Å². The molecule has 140 valence electrons. The lowest BCUT2D eigenvalue weighted by Crippen LogP contribution is -2.46. The molecule has 1 saturated heterocycles. The topological polar surface area (TPSA) is 84.7 Å². The average molecular weight is 367 g/mol. The summed E-state index contributed by atoms with van der Waals surface area (Å²) in [5.74, 6) is -0.0897. The van der Waals surface area contributed by atoms with Crippen LogP contribution in [0.25, 0.3) is 0 Å². The van der Waals surface area contributed by atoms with Gasteiger partial charge in [-0.3, -0.25) is 14.9 Å². The molecule has 0 radical (unpaired) electrons. The molecule has 0 aliphatic carbocycles. The molecule has 0 bridgehead atoms. The predicted octanol–water partition coefficient (Wildman–Crippen LogP) is 3.65. The van der Waals surface area contributed by atoms with Crippen molar-refractivity contribution in [2.24, 2.45) is 0 Å². The number of hydrogen-bond acceptors (Lipinski definition) is 5. The lowest BCUT2D eigenvalue weighted by atomic mass is 10.0. The van der Waals surface area contributed by atoms with E-state index in [1.165, 1.54) is 0 Å². The molecular weight excluding hydrogens is 346 g/mol. The van der Waals surface area contributed by atoms with Gasteiger partial charge in [0.1, 0.15) is 6.17 Å². The number of rotatable bonds is 4. The molecule has 2 aliphatic rings. The molecule has 4 rings (SSSR count). The van der Waals surface area contributed by atoms with Crippen molar-refractivity contribution in [1.82, 2.24) is 4.90 Å². The Morgan fingerprint density at radius 2 is 2.11 bits per heavy atom. The number of fused-ring (bicyclic) bond motifs is 1. The maximum absolute atomic E-state index is 13.2. The van der Waals surface area contributed by atoms with Gasteiger partial charge in [-0.05, 0) is 31.9 Å². The van der Waals surface area contributed by atoms with Crippen LogP contribution in [0, 0.1) is 17.0 Å². The Morgan fingerprint density at radius 3 is 2.85 bits per heavy atom. The van der Waals surface area contributed by atoms with Crippen molar-refractivity contribution in [2.75, 3.05) is 18.5 Å². The van der Waals surface area contributed by atoms with Crippen LogP contribution in [-0.4, -0.2) is 35.0 Å². The summed E-state index contributed by atoms with van der Waals surface area (Å²) in [6, 6.07) is 12.5. The number of nitro groups is 1. The number of anilines is 1. The Balaban J connectivity index is 1.74. The molecule has 7 heteroatoms. The van der Waals surface area contributed by atoms with Crippen LogP contribution in [0.2, 0.25) is 0 Å². The molecule has 1 amide bonds. The van der Waals surface area contributed by atoms with Gasteiger partial charge < -0.3 is 15.0 Å². The minimum atomic E-state index is -0.476. The molecule has 27 heavy (non-hydrogen) atoms. The number of para-hydroxylation sites is 1. The molecule has 2 aromatic carbocycles. The van der Waals surface area contributed by atoms with Crippen molar-refractivity contribution in [1.29, 1.82) is 0 Å². The van der Waals surface area contributed by atoms with Gasteiger partial charge in [-0.2, -0.15) is 0 Å². The van der Waals surface area contributed by atoms with Gasteiger partial charge in [0.2, 0.25) is 0 Å². The van der Waals surface area contributed by atoms with Crippen LogP contribution in [0.1, 0.15) is 40.5 Å². The third kappa shape index (κ3) is 3.26. The summed E-state index contributed by atoms with van der Waals surface area (Å²) in [6.45, 7) is 2.87. The van der Waals surface area contributed by atoms with Gasteiger partial charge in [0.25, 0.3) is 11.6 Å². The molecule has 0 unspecified atom stereocenters. The lowest BCUT2D eigenvalue weighted by Gasteiger charge is -2.39. The van der Waals surface area contributed by atoms with Crippen molar-refractivity contribution < 1.29 is 14.5 Å². The van der Waals surface area contributed by atoms with Crippen LogP contribution >= 0.6 is 0 Å². The lowest BCUT2D eigenvalue weighted by molar-refractivity contribution is -0.385. The highest BCUT2D eigenvalue weighted by Crippen LogP contribution is 2.35. The third-order valence-corrected chi connectivity index (χ3v) is 5.19. The Morgan fingerprint density at radius 1 is 1.30 bits per heavy atom. The molecule has 2 aliphatic heterocycles. The Labute approximate surface area is 157 Å². The normalized spacial score (nSPS) is 21.7. The van der Waals surface area contributed by atoms with Crippen molar-refractivity contribution in [3.8, 4) is 0 Å². The maximum Gasteiger partial charge on any atom is 0.272 e. The van der Waals surface area contributed by atoms with Gasteiger partial charge in [-0.15, -0.1) is 0 Å². The van der Waals surface area contributed by atoms with E-state index in [0.29, 0.717) is 29.8 Å². The van der Waals surface area contributed by atoms with Gasteiger partial charge in [-0.1, -0.05) is 24.3 Å². The highest BCUT2D eigenvalue weighted by Gasteiger charge is 2.35. The molecule has 0 spiro atoms. The first-order valence-electron chi connectivity index (χ1n) is 9.07. The standard InChI is InChI=1S/C20H21N3O4/c1-13-8-9-14(11-18(13)23(25)26)19-21-17-7-3-2-6-16(17)20(24)22(19)12-15-5-4-10-27-15/h2-3,6-9,11,15,19,21H,4-5,10,12H2,1H3/t15-,19-/m0/s1. The molecule has 1 N–H and O–H groups in total. The average Bonchev–Trinajstić information content (AvgIpc) is 3.17. The number of nitro benzene ring substituents is 1. The first-order chi connectivity index (χ1) is 13.0. The first-order valence-corrected chi connectivity index (χ1v) is 9.07. The number of hydrogen-bond donors (Lipinski definition) is 1. The van der Waals surface area contributed by atoms with E-state index >= 15 is 0 Å². The van der Waals surface area contributed by atoms with Gasteiger partial charge >= 0.3 is 0 Å². The van der Waals surface area contributed by atoms with E-state index in [4.69, 9.17) is 4.74 Å². The minimum absolute atomic E-state index is 0.0102. The van der Waals surface area contributed by atoms with E-state index in [1.54, 1.807) is 30.0 Å². The minimum Gasteiger partial charge on any atom is -0.376 e. The summed E-state index contributed by atoms with van der Waals surface area (Å²) < 4.78 is 5.73. The predicted molar refractivity (Wildman–Crippen MR) is 101 cm³/mol. The van der Waals surface area contributed by atoms with Gasteiger partial charge in [0.15, 0.2) is 0 Å². The van der Waals surface area contributed by atoms with Crippen molar-refractivity contribution in [3.05, 3.63) is 69.3 Å². The van der Waals surface area contributed by atoms with E-state index in [9.17, 15) is 14.9 Å². The molecule has 2 aromatic rings. The molecule has 2 atom stereocenters. The second kappa shape index (κ2) is 7.00. The molecular formula is C20H21N3O4. The van der Waals surface area contributed by atoms with Crippen molar-refractivity contribution in [2.45, 2.75) is 32.0 Å². The molecule has 1 fully saturated rings. The van der Waals surface area contributed by atoms with Crippen LogP contribution in [-0.2, 0) is 4.74 Å². The van der Waals surface area contributed by atoms with E-state index in [-0.39, 0.29) is 22.6 Å². The number of nitrogens with zero attached hydrogens (tertiary/aromatic N) is 2. The molecule has 0 saturated carbocycles. The number of amides is 1. The molecule has 7 nitrogen and oxygen atoms in total. The SMILES string of the molecule is Cc1ccc([C@H]2Nc3ccccc3C(=O)N2C[C@@H]2CCCO2)cc1[N+](=O)[O-]. The van der Waals surface area contributed by atoms with Crippen LogP contribution in [0.15, 0.2) is 42.5 Å². The number of aryl methyl sites for hydroxylation is 1. The monoisotopic (exact) mass is 367 g/mol. The van der Waals surface area contributed by atoms with E-state index in [1.807, 2.05) is 24.3 Å². The Kier molecular flexibility index (Phi) is 4.53. The van der Waals surface area contributed by atoms with Gasteiger partial charge in [-0.25, -0.2) is 0 Å². The Bertz CT molecular complexity index is 893. The molecule has 0 aromatic heterocycles. The van der Waals surface area contributed by atoms with Crippen LogP contribution < -0.4 is 5.32 Å². The summed E-state index contributed by atoms with van der Waals surface area (Å²) in [5.41, 5.74) is 2.68. The summed E-state index contributed by atoms with van der Waals surface area (Å²) >= 11 is 0. The zero-order valence-corrected chi connectivity index (χ0v) is 15.1. The zero-order chi connectivity index (χ0) is 19.0. The highest BCUT2D eigenvalue weighted by molar-refractivity contribution is 6.01. The highest BCUT2D eigenvalue weighted by atomic mass is 16.6. The number of benzene rings is 2. The second-order valence-corrected chi connectivity index (χ2v) is 6.99. The summed E-state index contributed by atoms with van der Waals surface area (Å²) in [6.07, 6.45) is 1.41. The third-order valence-electron chi connectivity index (χ3n) is 5.19. The maximum atomic E-state index is 13.2. The quantitative estimate of drug-likeness (QED) is 0.659. The van der Waals surface area contributed by atoms with E-state index in [2.05, 4.69) is 5.32 Å². The van der Waals surface area contributed by atoms with Crippen molar-refractivity contribution in [3.63, 3.8) is 0 Å². The van der Waals surface area contributed by atoms with Crippen LogP contribution in [0.3, 0.4) is 0 Å². The summed E-state index contributed by atoms with van der Waals surface area (Å²) in [5, 5.41) is 14.7. The van der Waals surface area contributed by atoms with Crippen LogP contribution in [0.5, 0.6) is 0 Å². The largest absolute Gasteiger partial charge is 0.376 e. The number of carbonyl (C=O) groups excluding carboxylic acids is 1. The van der Waals surface area contributed by atoms with Gasteiger partial charge in [0.05, 0.1) is 16.6 Å². The number of ether oxygens (including phenoxy) is 1. The van der Waals surface area contributed by atoms with E-state index < -0.39 is 6.17 Å². The van der Waals surface area contributed by atoms with E-state index in [0.717, 1.165) is 18.5 Å². The molecule has 2 heterocycles. The van der Waals surface area contributed by atoms with Crippen molar-refractivity contribution >= 4 is 17.3 Å². The van der Waals surface area contributed by atoms with Gasteiger partial charge in [0, 0.05) is 36.0 Å². The second-order valence-electron chi connectivity index (χ2n) is 6.99. The number of carbonyl (C=O) groups is 1. The first kappa shape index (κ1) is 17.5. The Hall–Kier alpha value is -2.93. The fourth-order valence-corrected chi connectivity index (χ4v) is 3.75.